The van der Waals surface area contributed by atoms with Crippen LogP contribution in [0.2, 0.25) is 0 Å². The summed E-state index contributed by atoms with van der Waals surface area (Å²) in [6.07, 6.45) is 1.67. The molecule has 1 aliphatic heterocycles. The summed E-state index contributed by atoms with van der Waals surface area (Å²) in [5.74, 6) is -1.93. The van der Waals surface area contributed by atoms with Crippen molar-refractivity contribution in [1.29, 1.82) is 0 Å². The highest BCUT2D eigenvalue weighted by Gasteiger charge is 2.35. The topological polar surface area (TPSA) is 67.4 Å². The fourth-order valence-electron chi connectivity index (χ4n) is 2.47. The van der Waals surface area contributed by atoms with Crippen molar-refractivity contribution in [1.82, 2.24) is 10.0 Å². The molecule has 2 rings (SSSR count). The molecule has 1 unspecified atom stereocenters. The highest BCUT2D eigenvalue weighted by molar-refractivity contribution is 7.89. The summed E-state index contributed by atoms with van der Waals surface area (Å²) in [4.78, 5) is -0.561. The Morgan fingerprint density at radius 1 is 1.41 bits per heavy atom. The molecule has 5 nitrogen and oxygen atoms in total. The second kappa shape index (κ2) is 7.65. The largest absolute Gasteiger partial charge is 0.383 e. The van der Waals surface area contributed by atoms with Crippen molar-refractivity contribution in [3.63, 3.8) is 0 Å². The minimum atomic E-state index is -4.04. The van der Waals surface area contributed by atoms with Crippen molar-refractivity contribution in [2.75, 3.05) is 26.8 Å². The third-order valence-electron chi connectivity index (χ3n) is 3.54. The summed E-state index contributed by atoms with van der Waals surface area (Å²) in [6.45, 7) is 1.21. The Labute approximate surface area is 134 Å². The Bertz CT molecular complexity index is 607. The van der Waals surface area contributed by atoms with E-state index in [-0.39, 0.29) is 19.0 Å². The fourth-order valence-corrected chi connectivity index (χ4v) is 3.66. The van der Waals surface area contributed by atoms with E-state index in [0.717, 1.165) is 31.5 Å². The molecule has 1 aliphatic rings. The van der Waals surface area contributed by atoms with Crippen LogP contribution in [0.4, 0.5) is 8.78 Å². The van der Waals surface area contributed by atoms with Gasteiger partial charge in [-0.25, -0.2) is 21.9 Å². The van der Waals surface area contributed by atoms with E-state index in [2.05, 4.69) is 10.0 Å². The molecule has 1 fully saturated rings. The molecule has 2 N–H and O–H groups in total. The number of methoxy groups -OCH3 is 1. The lowest BCUT2D eigenvalue weighted by molar-refractivity contribution is 0.122. The molecule has 0 radical (unpaired) electrons. The van der Waals surface area contributed by atoms with Gasteiger partial charge in [-0.3, -0.25) is 0 Å². The number of ether oxygens (including phenoxy) is 1. The van der Waals surface area contributed by atoms with Crippen molar-refractivity contribution in [2.24, 2.45) is 0 Å². The van der Waals surface area contributed by atoms with Gasteiger partial charge >= 0.3 is 0 Å². The minimum Gasteiger partial charge on any atom is -0.383 e. The zero-order chi connectivity index (χ0) is 15.5. The number of rotatable bonds is 6. The van der Waals surface area contributed by atoms with E-state index < -0.39 is 32.1 Å². The van der Waals surface area contributed by atoms with Crippen LogP contribution in [-0.4, -0.2) is 40.8 Å². The van der Waals surface area contributed by atoms with Gasteiger partial charge in [-0.05, 0) is 31.5 Å². The van der Waals surface area contributed by atoms with Gasteiger partial charge in [0.2, 0.25) is 10.0 Å². The first kappa shape index (κ1) is 19.2. The molecule has 22 heavy (non-hydrogen) atoms. The highest BCUT2D eigenvalue weighted by atomic mass is 35.5. The monoisotopic (exact) mass is 356 g/mol. The van der Waals surface area contributed by atoms with Crippen LogP contribution in [0, 0.1) is 11.6 Å². The second-order valence-corrected chi connectivity index (χ2v) is 6.88. The molecule has 9 heteroatoms. The van der Waals surface area contributed by atoms with E-state index in [1.807, 2.05) is 0 Å². The predicted octanol–water partition coefficient (Wildman–Crippen LogP) is 1.43. The maximum Gasteiger partial charge on any atom is 0.243 e. The number of hydrogen-bond donors (Lipinski definition) is 2. The van der Waals surface area contributed by atoms with Gasteiger partial charge in [-0.15, -0.1) is 12.4 Å². The Morgan fingerprint density at radius 3 is 2.68 bits per heavy atom. The molecule has 0 saturated carbocycles. The number of hydrogen-bond acceptors (Lipinski definition) is 4. The van der Waals surface area contributed by atoms with Crippen molar-refractivity contribution < 1.29 is 21.9 Å². The van der Waals surface area contributed by atoms with Crippen LogP contribution < -0.4 is 10.0 Å². The number of nitrogens with one attached hydrogen (secondary N) is 2. The first-order valence-electron chi connectivity index (χ1n) is 6.57. The van der Waals surface area contributed by atoms with Gasteiger partial charge in [0.05, 0.1) is 12.1 Å². The molecule has 0 aliphatic carbocycles. The van der Waals surface area contributed by atoms with Gasteiger partial charge in [0.15, 0.2) is 0 Å². The van der Waals surface area contributed by atoms with Crippen LogP contribution in [0.5, 0.6) is 0 Å². The molecule has 1 heterocycles. The number of sulfonamides is 1. The van der Waals surface area contributed by atoms with Gasteiger partial charge in [-0.1, -0.05) is 0 Å². The quantitative estimate of drug-likeness (QED) is 0.809. The maximum atomic E-state index is 13.6. The van der Waals surface area contributed by atoms with E-state index >= 15 is 0 Å². The van der Waals surface area contributed by atoms with Crippen LogP contribution in [0.15, 0.2) is 23.1 Å². The molecule has 1 atom stereocenters. The molecular formula is C13H19ClF2N2O3S. The average molecular weight is 357 g/mol. The summed E-state index contributed by atoms with van der Waals surface area (Å²) in [5, 5.41) is 3.21. The van der Waals surface area contributed by atoms with Gasteiger partial charge in [0.1, 0.15) is 16.5 Å². The van der Waals surface area contributed by atoms with Crippen LogP contribution in [-0.2, 0) is 14.8 Å². The Hall–Kier alpha value is -0.800. The van der Waals surface area contributed by atoms with Crippen molar-refractivity contribution in [3.05, 3.63) is 29.8 Å². The SMILES string of the molecule is COCC1(CNS(=O)(=O)c2ccc(F)cc2F)CCCN1.Cl. The maximum absolute atomic E-state index is 13.6. The molecule has 0 spiro atoms. The molecular weight excluding hydrogens is 338 g/mol. The fraction of sp³-hybridized carbons (Fsp3) is 0.538. The molecule has 1 aromatic rings. The van der Waals surface area contributed by atoms with Gasteiger partial charge in [0, 0.05) is 19.7 Å². The van der Waals surface area contributed by atoms with Gasteiger partial charge < -0.3 is 10.1 Å². The summed E-state index contributed by atoms with van der Waals surface area (Å²) < 4.78 is 58.2. The lowest BCUT2D eigenvalue weighted by atomic mass is 9.99. The van der Waals surface area contributed by atoms with Crippen molar-refractivity contribution >= 4 is 22.4 Å². The van der Waals surface area contributed by atoms with E-state index in [1.54, 1.807) is 0 Å². The Balaban J connectivity index is 0.00000242. The van der Waals surface area contributed by atoms with Crippen molar-refractivity contribution in [3.8, 4) is 0 Å². The summed E-state index contributed by atoms with van der Waals surface area (Å²) in [7, 11) is -2.50. The van der Waals surface area contributed by atoms with Crippen LogP contribution >= 0.6 is 12.4 Å². The third kappa shape index (κ3) is 4.36. The number of halogens is 3. The van der Waals surface area contributed by atoms with E-state index in [9.17, 15) is 17.2 Å². The van der Waals surface area contributed by atoms with Crippen molar-refractivity contribution in [2.45, 2.75) is 23.3 Å². The predicted molar refractivity (Wildman–Crippen MR) is 80.6 cm³/mol. The van der Waals surface area contributed by atoms with E-state index in [4.69, 9.17) is 4.74 Å². The molecule has 0 amide bonds. The average Bonchev–Trinajstić information content (AvgIpc) is 2.86. The highest BCUT2D eigenvalue weighted by Crippen LogP contribution is 2.21. The standard InChI is InChI=1S/C13H18F2N2O3S.ClH/c1-20-9-13(5-2-6-16-13)8-17-21(18,19)12-4-3-10(14)7-11(12)15;/h3-4,7,16-17H,2,5-6,8-9H2,1H3;1H. The normalized spacial score (nSPS) is 21.6. The zero-order valence-corrected chi connectivity index (χ0v) is 13.7. The molecule has 1 aromatic carbocycles. The minimum absolute atomic E-state index is 0. The molecule has 0 bridgehead atoms. The second-order valence-electron chi connectivity index (χ2n) is 5.14. The van der Waals surface area contributed by atoms with Crippen LogP contribution in [0.25, 0.3) is 0 Å². The van der Waals surface area contributed by atoms with Gasteiger partial charge in [0.25, 0.3) is 0 Å². The molecule has 0 aromatic heterocycles. The first-order chi connectivity index (χ1) is 9.88. The lowest BCUT2D eigenvalue weighted by Crippen LogP contribution is -2.52. The molecule has 1 saturated heterocycles. The summed E-state index contributed by atoms with van der Waals surface area (Å²) in [5.41, 5.74) is -0.488. The third-order valence-corrected chi connectivity index (χ3v) is 4.97. The lowest BCUT2D eigenvalue weighted by Gasteiger charge is -2.28. The van der Waals surface area contributed by atoms with Crippen LogP contribution in [0.1, 0.15) is 12.8 Å². The first-order valence-corrected chi connectivity index (χ1v) is 8.06. The number of benzene rings is 1. The Kier molecular flexibility index (Phi) is 6.69. The summed E-state index contributed by atoms with van der Waals surface area (Å²) >= 11 is 0. The zero-order valence-electron chi connectivity index (χ0n) is 12.1. The smallest absolute Gasteiger partial charge is 0.243 e. The summed E-state index contributed by atoms with van der Waals surface area (Å²) in [6, 6.07) is 2.38. The van der Waals surface area contributed by atoms with Crippen LogP contribution in [0.3, 0.4) is 0 Å². The van der Waals surface area contributed by atoms with E-state index in [1.165, 1.54) is 7.11 Å². The Morgan fingerprint density at radius 2 is 2.14 bits per heavy atom. The van der Waals surface area contributed by atoms with Gasteiger partial charge in [-0.2, -0.15) is 0 Å². The molecule has 126 valence electrons. The van der Waals surface area contributed by atoms with E-state index in [0.29, 0.717) is 12.7 Å².